The Morgan fingerprint density at radius 1 is 1.18 bits per heavy atom. The standard InChI is InChI=1S/C15H18N2O3S2/c1-10-5-6-11(2)13(7-10)16-15(18)14-8-12(9-21-14)22(19,20)17(3)4/h5-9H,1-4H3,(H,16,18). The van der Waals surface area contributed by atoms with Crippen molar-refractivity contribution >= 4 is 33.0 Å². The summed E-state index contributed by atoms with van der Waals surface area (Å²) >= 11 is 1.11. The first-order chi connectivity index (χ1) is 10.2. The number of thiophene rings is 1. The second-order valence-corrected chi connectivity index (χ2v) is 8.27. The van der Waals surface area contributed by atoms with Crippen molar-refractivity contribution in [3.63, 3.8) is 0 Å². The summed E-state index contributed by atoms with van der Waals surface area (Å²) in [6.45, 7) is 3.85. The van der Waals surface area contributed by atoms with E-state index in [-0.39, 0.29) is 10.8 Å². The molecular formula is C15H18N2O3S2. The summed E-state index contributed by atoms with van der Waals surface area (Å²) in [5.74, 6) is -0.307. The van der Waals surface area contributed by atoms with E-state index >= 15 is 0 Å². The van der Waals surface area contributed by atoms with Gasteiger partial charge in [-0.05, 0) is 37.1 Å². The Kier molecular flexibility index (Phi) is 4.69. The third kappa shape index (κ3) is 3.37. The molecule has 0 saturated carbocycles. The maximum atomic E-state index is 12.3. The van der Waals surface area contributed by atoms with Crippen LogP contribution in [0.4, 0.5) is 5.69 Å². The van der Waals surface area contributed by atoms with Crippen molar-refractivity contribution in [1.29, 1.82) is 0 Å². The Morgan fingerprint density at radius 3 is 2.50 bits per heavy atom. The van der Waals surface area contributed by atoms with E-state index in [9.17, 15) is 13.2 Å². The van der Waals surface area contributed by atoms with E-state index in [2.05, 4.69) is 5.32 Å². The normalized spacial score (nSPS) is 11.7. The van der Waals surface area contributed by atoms with Crippen LogP contribution >= 0.6 is 11.3 Å². The van der Waals surface area contributed by atoms with Crippen LogP contribution in [0.5, 0.6) is 0 Å². The molecule has 1 amide bonds. The van der Waals surface area contributed by atoms with Crippen molar-refractivity contribution in [1.82, 2.24) is 4.31 Å². The van der Waals surface area contributed by atoms with Gasteiger partial charge >= 0.3 is 0 Å². The average Bonchev–Trinajstić information content (AvgIpc) is 2.93. The third-order valence-electron chi connectivity index (χ3n) is 3.22. The highest BCUT2D eigenvalue weighted by Gasteiger charge is 2.21. The summed E-state index contributed by atoms with van der Waals surface area (Å²) in [6.07, 6.45) is 0. The van der Waals surface area contributed by atoms with Gasteiger partial charge in [0.1, 0.15) is 0 Å². The molecular weight excluding hydrogens is 320 g/mol. The minimum absolute atomic E-state index is 0.133. The Labute approximate surface area is 134 Å². The van der Waals surface area contributed by atoms with Crippen LogP contribution < -0.4 is 5.32 Å². The van der Waals surface area contributed by atoms with Gasteiger partial charge < -0.3 is 5.32 Å². The number of anilines is 1. The number of nitrogens with one attached hydrogen (secondary N) is 1. The summed E-state index contributed by atoms with van der Waals surface area (Å²) in [5.41, 5.74) is 2.73. The van der Waals surface area contributed by atoms with Crippen molar-refractivity contribution in [2.75, 3.05) is 19.4 Å². The zero-order chi connectivity index (χ0) is 16.5. The molecule has 0 bridgehead atoms. The first kappa shape index (κ1) is 16.7. The summed E-state index contributed by atoms with van der Waals surface area (Å²) in [5, 5.41) is 4.30. The van der Waals surface area contributed by atoms with E-state index in [1.807, 2.05) is 32.0 Å². The van der Waals surface area contributed by atoms with Crippen LogP contribution in [0.1, 0.15) is 20.8 Å². The number of hydrogen-bond acceptors (Lipinski definition) is 4. The molecule has 5 nitrogen and oxygen atoms in total. The Balaban J connectivity index is 2.25. The highest BCUT2D eigenvalue weighted by Crippen LogP contribution is 2.23. The molecule has 0 aliphatic rings. The number of aryl methyl sites for hydroxylation is 2. The maximum absolute atomic E-state index is 12.3. The van der Waals surface area contributed by atoms with Crippen molar-refractivity contribution in [3.8, 4) is 0 Å². The molecule has 0 spiro atoms. The fourth-order valence-electron chi connectivity index (χ4n) is 1.84. The Morgan fingerprint density at radius 2 is 1.86 bits per heavy atom. The second kappa shape index (κ2) is 6.20. The predicted molar refractivity (Wildman–Crippen MR) is 89.1 cm³/mol. The van der Waals surface area contributed by atoms with Crippen molar-refractivity contribution in [2.24, 2.45) is 0 Å². The molecule has 0 atom stereocenters. The van der Waals surface area contributed by atoms with E-state index in [1.165, 1.54) is 25.5 Å². The molecule has 118 valence electrons. The molecule has 0 radical (unpaired) electrons. The average molecular weight is 338 g/mol. The summed E-state index contributed by atoms with van der Waals surface area (Å²) in [7, 11) is -0.591. The molecule has 2 rings (SSSR count). The fraction of sp³-hybridized carbons (Fsp3) is 0.267. The topological polar surface area (TPSA) is 66.5 Å². The third-order valence-corrected chi connectivity index (χ3v) is 6.09. The van der Waals surface area contributed by atoms with Gasteiger partial charge in [-0.25, -0.2) is 12.7 Å². The zero-order valence-electron chi connectivity index (χ0n) is 12.9. The van der Waals surface area contributed by atoms with Gasteiger partial charge in [0.15, 0.2) is 0 Å². The van der Waals surface area contributed by atoms with Crippen LogP contribution in [0.2, 0.25) is 0 Å². The van der Waals surface area contributed by atoms with Gasteiger partial charge in [-0.1, -0.05) is 12.1 Å². The Bertz CT molecular complexity index is 808. The van der Waals surface area contributed by atoms with Gasteiger partial charge in [-0.2, -0.15) is 0 Å². The van der Waals surface area contributed by atoms with Gasteiger partial charge in [0.2, 0.25) is 10.0 Å². The van der Waals surface area contributed by atoms with Crippen molar-refractivity contribution < 1.29 is 13.2 Å². The number of amides is 1. The van der Waals surface area contributed by atoms with Crippen LogP contribution in [0.25, 0.3) is 0 Å². The van der Waals surface area contributed by atoms with Gasteiger partial charge in [0.05, 0.1) is 9.77 Å². The van der Waals surface area contributed by atoms with E-state index in [4.69, 9.17) is 0 Å². The first-order valence-corrected chi connectivity index (χ1v) is 8.93. The van der Waals surface area contributed by atoms with Crippen molar-refractivity contribution in [2.45, 2.75) is 18.7 Å². The second-order valence-electron chi connectivity index (χ2n) is 5.21. The molecule has 0 aliphatic heterocycles. The lowest BCUT2D eigenvalue weighted by Gasteiger charge is -2.09. The largest absolute Gasteiger partial charge is 0.321 e. The number of nitrogens with zero attached hydrogens (tertiary/aromatic N) is 1. The number of benzene rings is 1. The number of hydrogen-bond donors (Lipinski definition) is 1. The van der Waals surface area contributed by atoms with Gasteiger partial charge in [0.25, 0.3) is 5.91 Å². The van der Waals surface area contributed by atoms with Crippen LogP contribution in [0.15, 0.2) is 34.5 Å². The number of carbonyl (C=O) groups is 1. The van der Waals surface area contributed by atoms with E-state index in [1.54, 1.807) is 0 Å². The van der Waals surface area contributed by atoms with E-state index in [0.29, 0.717) is 4.88 Å². The molecule has 0 fully saturated rings. The molecule has 0 saturated heterocycles. The zero-order valence-corrected chi connectivity index (χ0v) is 14.5. The van der Waals surface area contributed by atoms with Crippen LogP contribution in [0, 0.1) is 13.8 Å². The van der Waals surface area contributed by atoms with Crippen LogP contribution in [0.3, 0.4) is 0 Å². The first-order valence-electron chi connectivity index (χ1n) is 6.61. The lowest BCUT2D eigenvalue weighted by atomic mass is 10.1. The molecule has 1 N–H and O–H groups in total. The van der Waals surface area contributed by atoms with Crippen LogP contribution in [-0.4, -0.2) is 32.7 Å². The van der Waals surface area contributed by atoms with Gasteiger partial charge in [-0.3, -0.25) is 4.79 Å². The lowest BCUT2D eigenvalue weighted by molar-refractivity contribution is 0.103. The molecule has 0 unspecified atom stereocenters. The maximum Gasteiger partial charge on any atom is 0.265 e. The minimum Gasteiger partial charge on any atom is -0.321 e. The summed E-state index contributed by atoms with van der Waals surface area (Å²) in [6, 6.07) is 7.19. The summed E-state index contributed by atoms with van der Waals surface area (Å²) in [4.78, 5) is 12.8. The molecule has 7 heteroatoms. The summed E-state index contributed by atoms with van der Waals surface area (Å²) < 4.78 is 25.2. The molecule has 1 heterocycles. The van der Waals surface area contributed by atoms with E-state index < -0.39 is 10.0 Å². The predicted octanol–water partition coefficient (Wildman–Crippen LogP) is 2.87. The molecule has 2 aromatic rings. The van der Waals surface area contributed by atoms with Gasteiger partial charge in [0, 0.05) is 25.2 Å². The molecule has 22 heavy (non-hydrogen) atoms. The van der Waals surface area contributed by atoms with Gasteiger partial charge in [-0.15, -0.1) is 11.3 Å². The smallest absolute Gasteiger partial charge is 0.265 e. The number of rotatable bonds is 4. The van der Waals surface area contributed by atoms with Crippen molar-refractivity contribution in [3.05, 3.63) is 45.6 Å². The number of sulfonamides is 1. The highest BCUT2D eigenvalue weighted by atomic mass is 32.2. The molecule has 1 aromatic heterocycles. The minimum atomic E-state index is -3.51. The lowest BCUT2D eigenvalue weighted by Crippen LogP contribution is -2.21. The fourth-order valence-corrected chi connectivity index (χ4v) is 3.90. The molecule has 0 aliphatic carbocycles. The van der Waals surface area contributed by atoms with E-state index in [0.717, 1.165) is 32.5 Å². The quantitative estimate of drug-likeness (QED) is 0.932. The molecule has 1 aromatic carbocycles. The monoisotopic (exact) mass is 338 g/mol. The Hall–Kier alpha value is -1.70. The number of carbonyl (C=O) groups excluding carboxylic acids is 1. The SMILES string of the molecule is Cc1ccc(C)c(NC(=O)c2cc(S(=O)(=O)N(C)C)cs2)c1. The highest BCUT2D eigenvalue weighted by molar-refractivity contribution is 7.89. The van der Waals surface area contributed by atoms with Crippen LogP contribution in [-0.2, 0) is 10.0 Å².